The van der Waals surface area contributed by atoms with E-state index in [2.05, 4.69) is 17.2 Å². The molecular weight excluding hydrogens is 226 g/mol. The van der Waals surface area contributed by atoms with Gasteiger partial charge in [0.05, 0.1) is 11.4 Å². The van der Waals surface area contributed by atoms with Gasteiger partial charge in [0.1, 0.15) is 0 Å². The molecule has 0 saturated carbocycles. The molecule has 0 aliphatic carbocycles. The van der Waals surface area contributed by atoms with E-state index in [0.717, 1.165) is 29.9 Å². The van der Waals surface area contributed by atoms with Crippen molar-refractivity contribution in [3.05, 3.63) is 23.5 Å². The third-order valence-electron chi connectivity index (χ3n) is 3.02. The SMILES string of the molecule is Cc1ccc(NC(=O)CCC(C)CCN)c(C)n1. The Labute approximate surface area is 109 Å². The highest BCUT2D eigenvalue weighted by atomic mass is 16.1. The zero-order valence-corrected chi connectivity index (χ0v) is 11.5. The molecule has 0 aliphatic rings. The number of rotatable bonds is 6. The minimum absolute atomic E-state index is 0.0487. The van der Waals surface area contributed by atoms with Crippen LogP contribution in [0, 0.1) is 19.8 Å². The molecule has 1 aromatic heterocycles. The van der Waals surface area contributed by atoms with Gasteiger partial charge >= 0.3 is 0 Å². The maximum absolute atomic E-state index is 11.8. The second-order valence-electron chi connectivity index (χ2n) is 4.85. The number of carbonyl (C=O) groups excluding carboxylic acids is 1. The number of aromatic nitrogens is 1. The van der Waals surface area contributed by atoms with Crippen molar-refractivity contribution in [2.75, 3.05) is 11.9 Å². The van der Waals surface area contributed by atoms with Crippen molar-refractivity contribution >= 4 is 11.6 Å². The Kier molecular flexibility index (Phi) is 5.78. The molecule has 0 fully saturated rings. The van der Waals surface area contributed by atoms with Gasteiger partial charge in [-0.2, -0.15) is 0 Å². The predicted molar refractivity (Wildman–Crippen MR) is 74.4 cm³/mol. The average molecular weight is 249 g/mol. The first kappa shape index (κ1) is 14.6. The first-order chi connectivity index (χ1) is 8.52. The first-order valence-corrected chi connectivity index (χ1v) is 6.47. The van der Waals surface area contributed by atoms with Gasteiger partial charge in [0.25, 0.3) is 0 Å². The summed E-state index contributed by atoms with van der Waals surface area (Å²) >= 11 is 0. The topological polar surface area (TPSA) is 68.0 Å². The van der Waals surface area contributed by atoms with Crippen molar-refractivity contribution in [2.24, 2.45) is 11.7 Å². The number of hydrogen-bond donors (Lipinski definition) is 2. The standard InChI is InChI=1S/C14H23N3O/c1-10(8-9-15)4-7-14(18)17-13-6-5-11(2)16-12(13)3/h5-6,10H,4,7-9,15H2,1-3H3,(H,17,18). The van der Waals surface area contributed by atoms with Crippen LogP contribution in [0.4, 0.5) is 5.69 Å². The molecule has 4 nitrogen and oxygen atoms in total. The monoisotopic (exact) mass is 249 g/mol. The number of carbonyl (C=O) groups is 1. The number of amides is 1. The number of nitrogens with zero attached hydrogens (tertiary/aromatic N) is 1. The summed E-state index contributed by atoms with van der Waals surface area (Å²) in [5.41, 5.74) is 8.11. The molecule has 0 aromatic carbocycles. The summed E-state index contributed by atoms with van der Waals surface area (Å²) in [4.78, 5) is 16.1. The average Bonchev–Trinajstić information content (AvgIpc) is 2.31. The zero-order chi connectivity index (χ0) is 13.5. The Morgan fingerprint density at radius 1 is 1.39 bits per heavy atom. The number of nitrogens with two attached hydrogens (primary N) is 1. The predicted octanol–water partition coefficient (Wildman–Crippen LogP) is 2.40. The third kappa shape index (κ3) is 4.84. The van der Waals surface area contributed by atoms with Crippen LogP contribution in [0.3, 0.4) is 0 Å². The van der Waals surface area contributed by atoms with Crippen LogP contribution in [-0.4, -0.2) is 17.4 Å². The first-order valence-electron chi connectivity index (χ1n) is 6.47. The van der Waals surface area contributed by atoms with Crippen LogP contribution in [0.15, 0.2) is 12.1 Å². The van der Waals surface area contributed by atoms with Gasteiger partial charge in [0, 0.05) is 12.1 Å². The van der Waals surface area contributed by atoms with E-state index in [1.54, 1.807) is 0 Å². The number of pyridine rings is 1. The fourth-order valence-electron chi connectivity index (χ4n) is 1.84. The molecule has 3 N–H and O–H groups in total. The Morgan fingerprint density at radius 3 is 2.72 bits per heavy atom. The van der Waals surface area contributed by atoms with E-state index in [1.165, 1.54) is 0 Å². The molecule has 1 atom stereocenters. The molecule has 1 heterocycles. The van der Waals surface area contributed by atoms with Crippen molar-refractivity contribution in [3.8, 4) is 0 Å². The van der Waals surface area contributed by atoms with Crippen molar-refractivity contribution < 1.29 is 4.79 Å². The summed E-state index contributed by atoms with van der Waals surface area (Å²) in [5.74, 6) is 0.547. The summed E-state index contributed by atoms with van der Waals surface area (Å²) < 4.78 is 0. The lowest BCUT2D eigenvalue weighted by molar-refractivity contribution is -0.116. The van der Waals surface area contributed by atoms with Gasteiger partial charge in [-0.05, 0) is 51.3 Å². The van der Waals surface area contributed by atoms with Gasteiger partial charge in [-0.25, -0.2) is 0 Å². The quantitative estimate of drug-likeness (QED) is 0.813. The third-order valence-corrected chi connectivity index (χ3v) is 3.02. The van der Waals surface area contributed by atoms with E-state index in [4.69, 9.17) is 5.73 Å². The van der Waals surface area contributed by atoms with Crippen LogP contribution in [0.2, 0.25) is 0 Å². The van der Waals surface area contributed by atoms with Gasteiger partial charge in [0.2, 0.25) is 5.91 Å². The molecule has 0 saturated heterocycles. The Bertz CT molecular complexity index is 404. The van der Waals surface area contributed by atoms with E-state index in [9.17, 15) is 4.79 Å². The minimum Gasteiger partial charge on any atom is -0.330 e. The van der Waals surface area contributed by atoms with Gasteiger partial charge in [-0.15, -0.1) is 0 Å². The second-order valence-corrected chi connectivity index (χ2v) is 4.85. The molecule has 4 heteroatoms. The largest absolute Gasteiger partial charge is 0.330 e. The molecule has 0 spiro atoms. The van der Waals surface area contributed by atoms with Gasteiger partial charge in [0.15, 0.2) is 0 Å². The number of anilines is 1. The fourth-order valence-corrected chi connectivity index (χ4v) is 1.84. The van der Waals surface area contributed by atoms with E-state index < -0.39 is 0 Å². The van der Waals surface area contributed by atoms with Crippen LogP contribution in [0.25, 0.3) is 0 Å². The van der Waals surface area contributed by atoms with E-state index in [1.807, 2.05) is 26.0 Å². The van der Waals surface area contributed by atoms with Crippen LogP contribution < -0.4 is 11.1 Å². The minimum atomic E-state index is 0.0487. The van der Waals surface area contributed by atoms with Crippen molar-refractivity contribution in [1.29, 1.82) is 0 Å². The Hall–Kier alpha value is -1.42. The molecular formula is C14H23N3O. The van der Waals surface area contributed by atoms with Gasteiger partial charge in [-0.3, -0.25) is 9.78 Å². The zero-order valence-electron chi connectivity index (χ0n) is 11.5. The van der Waals surface area contributed by atoms with Crippen LogP contribution in [-0.2, 0) is 4.79 Å². The second kappa shape index (κ2) is 7.11. The molecule has 100 valence electrons. The molecule has 1 unspecified atom stereocenters. The molecule has 1 aromatic rings. The molecule has 1 amide bonds. The highest BCUT2D eigenvalue weighted by Crippen LogP contribution is 2.14. The summed E-state index contributed by atoms with van der Waals surface area (Å²) in [6.07, 6.45) is 2.38. The van der Waals surface area contributed by atoms with Crippen LogP contribution in [0.1, 0.15) is 37.6 Å². The van der Waals surface area contributed by atoms with Crippen molar-refractivity contribution in [1.82, 2.24) is 4.98 Å². The van der Waals surface area contributed by atoms with Crippen LogP contribution in [0.5, 0.6) is 0 Å². The molecule has 0 bridgehead atoms. The Balaban J connectivity index is 2.44. The number of hydrogen-bond acceptors (Lipinski definition) is 3. The summed E-state index contributed by atoms with van der Waals surface area (Å²) in [5, 5.41) is 2.90. The molecule has 18 heavy (non-hydrogen) atoms. The summed E-state index contributed by atoms with van der Waals surface area (Å²) in [6, 6.07) is 3.80. The molecule has 1 rings (SSSR count). The highest BCUT2D eigenvalue weighted by Gasteiger charge is 2.08. The van der Waals surface area contributed by atoms with Crippen molar-refractivity contribution in [3.63, 3.8) is 0 Å². The lowest BCUT2D eigenvalue weighted by Crippen LogP contribution is -2.15. The maximum Gasteiger partial charge on any atom is 0.224 e. The number of nitrogens with one attached hydrogen (secondary N) is 1. The maximum atomic E-state index is 11.8. The van der Waals surface area contributed by atoms with E-state index >= 15 is 0 Å². The van der Waals surface area contributed by atoms with Crippen molar-refractivity contribution in [2.45, 2.75) is 40.0 Å². The summed E-state index contributed by atoms with van der Waals surface area (Å²) in [6.45, 7) is 6.65. The molecule has 0 radical (unpaired) electrons. The normalized spacial score (nSPS) is 12.2. The Morgan fingerprint density at radius 2 is 2.11 bits per heavy atom. The lowest BCUT2D eigenvalue weighted by atomic mass is 10.0. The van der Waals surface area contributed by atoms with E-state index in [-0.39, 0.29) is 5.91 Å². The van der Waals surface area contributed by atoms with Crippen LogP contribution >= 0.6 is 0 Å². The van der Waals surface area contributed by atoms with E-state index in [0.29, 0.717) is 18.9 Å². The smallest absolute Gasteiger partial charge is 0.224 e. The fraction of sp³-hybridized carbons (Fsp3) is 0.571. The lowest BCUT2D eigenvalue weighted by Gasteiger charge is -2.11. The van der Waals surface area contributed by atoms with Gasteiger partial charge in [-0.1, -0.05) is 6.92 Å². The number of aryl methyl sites for hydroxylation is 2. The highest BCUT2D eigenvalue weighted by molar-refractivity contribution is 5.91. The van der Waals surface area contributed by atoms with Gasteiger partial charge < -0.3 is 11.1 Å². The summed E-state index contributed by atoms with van der Waals surface area (Å²) in [7, 11) is 0. The molecule has 0 aliphatic heterocycles.